The van der Waals surface area contributed by atoms with Gasteiger partial charge in [0, 0.05) is 12.7 Å². The molecule has 1 N–H and O–H groups in total. The van der Waals surface area contributed by atoms with Gasteiger partial charge in [-0.1, -0.05) is 0 Å². The minimum absolute atomic E-state index is 0.215. The van der Waals surface area contributed by atoms with Gasteiger partial charge >= 0.3 is 0 Å². The second-order valence-corrected chi connectivity index (χ2v) is 4.04. The molecule has 0 amide bonds. The van der Waals surface area contributed by atoms with Crippen LogP contribution in [0.3, 0.4) is 0 Å². The standard InChI is InChI=1S/C13H16FN3/c1-4-15-13-16-10(3)8-17(13)12-6-5-11(14)7-9(12)2/h5-8H,4H2,1-3H3,(H,15,16). The van der Waals surface area contributed by atoms with E-state index in [4.69, 9.17) is 0 Å². The van der Waals surface area contributed by atoms with Crippen LogP contribution in [0.15, 0.2) is 24.4 Å². The first-order valence-corrected chi connectivity index (χ1v) is 5.68. The van der Waals surface area contributed by atoms with E-state index in [1.807, 2.05) is 31.5 Å². The predicted molar refractivity (Wildman–Crippen MR) is 67.2 cm³/mol. The molecule has 17 heavy (non-hydrogen) atoms. The van der Waals surface area contributed by atoms with Crippen molar-refractivity contribution in [3.63, 3.8) is 0 Å². The van der Waals surface area contributed by atoms with Crippen LogP contribution in [-0.2, 0) is 0 Å². The molecule has 0 aliphatic carbocycles. The topological polar surface area (TPSA) is 29.9 Å². The molecule has 4 heteroatoms. The van der Waals surface area contributed by atoms with Gasteiger partial charge in [0.1, 0.15) is 5.82 Å². The maximum Gasteiger partial charge on any atom is 0.207 e. The van der Waals surface area contributed by atoms with Gasteiger partial charge in [0.05, 0.1) is 11.4 Å². The molecule has 1 heterocycles. The first-order chi connectivity index (χ1) is 8.11. The maximum absolute atomic E-state index is 13.1. The summed E-state index contributed by atoms with van der Waals surface area (Å²) in [5.41, 5.74) is 2.77. The summed E-state index contributed by atoms with van der Waals surface area (Å²) in [6.07, 6.45) is 1.94. The van der Waals surface area contributed by atoms with Crippen molar-refractivity contribution in [3.8, 4) is 5.69 Å². The Morgan fingerprint density at radius 3 is 2.76 bits per heavy atom. The van der Waals surface area contributed by atoms with Gasteiger partial charge in [-0.25, -0.2) is 9.37 Å². The Labute approximate surface area is 100 Å². The van der Waals surface area contributed by atoms with Gasteiger partial charge in [0.2, 0.25) is 5.95 Å². The number of anilines is 1. The van der Waals surface area contributed by atoms with Gasteiger partial charge in [-0.2, -0.15) is 0 Å². The van der Waals surface area contributed by atoms with E-state index in [1.165, 1.54) is 12.1 Å². The fourth-order valence-corrected chi connectivity index (χ4v) is 1.85. The smallest absolute Gasteiger partial charge is 0.207 e. The molecule has 3 nitrogen and oxygen atoms in total. The number of nitrogens with one attached hydrogen (secondary N) is 1. The highest BCUT2D eigenvalue weighted by molar-refractivity contribution is 5.47. The molecule has 0 aliphatic heterocycles. The number of hydrogen-bond acceptors (Lipinski definition) is 2. The average molecular weight is 233 g/mol. The highest BCUT2D eigenvalue weighted by Gasteiger charge is 2.09. The van der Waals surface area contributed by atoms with Crippen molar-refractivity contribution < 1.29 is 4.39 Å². The molecule has 0 fully saturated rings. The van der Waals surface area contributed by atoms with Crippen LogP contribution in [0.4, 0.5) is 10.3 Å². The number of aryl methyl sites for hydroxylation is 2. The van der Waals surface area contributed by atoms with Crippen molar-refractivity contribution in [2.45, 2.75) is 20.8 Å². The van der Waals surface area contributed by atoms with Crippen LogP contribution in [0, 0.1) is 19.7 Å². The van der Waals surface area contributed by atoms with Crippen molar-refractivity contribution in [3.05, 3.63) is 41.5 Å². The van der Waals surface area contributed by atoms with Crippen molar-refractivity contribution in [1.82, 2.24) is 9.55 Å². The first kappa shape index (κ1) is 11.6. The summed E-state index contributed by atoms with van der Waals surface area (Å²) >= 11 is 0. The minimum Gasteiger partial charge on any atom is -0.356 e. The lowest BCUT2D eigenvalue weighted by Gasteiger charge is -2.11. The van der Waals surface area contributed by atoms with E-state index in [1.54, 1.807) is 6.07 Å². The lowest BCUT2D eigenvalue weighted by atomic mass is 10.2. The highest BCUT2D eigenvalue weighted by atomic mass is 19.1. The van der Waals surface area contributed by atoms with Crippen LogP contribution >= 0.6 is 0 Å². The Kier molecular flexibility index (Phi) is 3.13. The number of rotatable bonds is 3. The van der Waals surface area contributed by atoms with E-state index >= 15 is 0 Å². The third-order valence-corrected chi connectivity index (χ3v) is 2.58. The summed E-state index contributed by atoms with van der Waals surface area (Å²) in [6, 6.07) is 4.76. The number of benzene rings is 1. The Bertz CT molecular complexity index is 531. The zero-order valence-corrected chi connectivity index (χ0v) is 10.3. The molecule has 0 radical (unpaired) electrons. The summed E-state index contributed by atoms with van der Waals surface area (Å²) in [7, 11) is 0. The van der Waals surface area contributed by atoms with Gasteiger partial charge < -0.3 is 5.32 Å². The van der Waals surface area contributed by atoms with Crippen molar-refractivity contribution in [1.29, 1.82) is 0 Å². The fourth-order valence-electron chi connectivity index (χ4n) is 1.85. The van der Waals surface area contributed by atoms with Gasteiger partial charge in [-0.05, 0) is 44.5 Å². The largest absolute Gasteiger partial charge is 0.356 e. The van der Waals surface area contributed by atoms with Gasteiger partial charge in [-0.15, -0.1) is 0 Å². The molecule has 0 saturated heterocycles. The molecule has 90 valence electrons. The number of aromatic nitrogens is 2. The highest BCUT2D eigenvalue weighted by Crippen LogP contribution is 2.20. The maximum atomic E-state index is 13.1. The zero-order valence-electron chi connectivity index (χ0n) is 10.3. The molecule has 0 spiro atoms. The Balaban J connectivity index is 2.51. The zero-order chi connectivity index (χ0) is 12.4. The van der Waals surface area contributed by atoms with Crippen LogP contribution < -0.4 is 5.32 Å². The summed E-state index contributed by atoms with van der Waals surface area (Å²) in [5, 5.41) is 3.20. The lowest BCUT2D eigenvalue weighted by molar-refractivity contribution is 0.626. The van der Waals surface area contributed by atoms with Gasteiger partial charge in [-0.3, -0.25) is 4.57 Å². The number of halogens is 1. The molecule has 0 unspecified atom stereocenters. The third-order valence-electron chi connectivity index (χ3n) is 2.58. The molecular formula is C13H16FN3. The van der Waals surface area contributed by atoms with E-state index < -0.39 is 0 Å². The molecule has 2 rings (SSSR count). The summed E-state index contributed by atoms with van der Waals surface area (Å²) in [6.45, 7) is 6.65. The van der Waals surface area contributed by atoms with Gasteiger partial charge in [0.25, 0.3) is 0 Å². The number of nitrogens with zero attached hydrogens (tertiary/aromatic N) is 2. The summed E-state index contributed by atoms with van der Waals surface area (Å²) in [4.78, 5) is 4.40. The second kappa shape index (κ2) is 4.57. The molecule has 0 saturated carbocycles. The molecule has 2 aromatic rings. The van der Waals surface area contributed by atoms with E-state index in [9.17, 15) is 4.39 Å². The summed E-state index contributed by atoms with van der Waals surface area (Å²) in [5.74, 6) is 0.577. The number of hydrogen-bond donors (Lipinski definition) is 1. The minimum atomic E-state index is -0.215. The Hall–Kier alpha value is -1.84. The van der Waals surface area contributed by atoms with Crippen LogP contribution in [-0.4, -0.2) is 16.1 Å². The van der Waals surface area contributed by atoms with E-state index in [2.05, 4.69) is 10.3 Å². The molecule has 0 aliphatic rings. The van der Waals surface area contributed by atoms with Gasteiger partial charge in [0.15, 0.2) is 0 Å². The van der Waals surface area contributed by atoms with Crippen molar-refractivity contribution in [2.24, 2.45) is 0 Å². The SMILES string of the molecule is CCNc1nc(C)cn1-c1ccc(F)cc1C. The third kappa shape index (κ3) is 2.30. The van der Waals surface area contributed by atoms with E-state index in [-0.39, 0.29) is 5.82 Å². The molecule has 0 bridgehead atoms. The van der Waals surface area contributed by atoms with Crippen LogP contribution in [0.1, 0.15) is 18.2 Å². The molecular weight excluding hydrogens is 217 g/mol. The Morgan fingerprint density at radius 2 is 2.12 bits per heavy atom. The average Bonchev–Trinajstić information content (AvgIpc) is 2.60. The summed E-state index contributed by atoms with van der Waals surface area (Å²) < 4.78 is 15.0. The molecule has 0 atom stereocenters. The predicted octanol–water partition coefficient (Wildman–Crippen LogP) is 3.06. The second-order valence-electron chi connectivity index (χ2n) is 4.04. The first-order valence-electron chi connectivity index (χ1n) is 5.68. The van der Waals surface area contributed by atoms with Crippen LogP contribution in [0.5, 0.6) is 0 Å². The van der Waals surface area contributed by atoms with Crippen molar-refractivity contribution >= 4 is 5.95 Å². The molecule has 1 aromatic carbocycles. The Morgan fingerprint density at radius 1 is 1.35 bits per heavy atom. The molecule has 1 aromatic heterocycles. The van der Waals surface area contributed by atoms with Crippen molar-refractivity contribution in [2.75, 3.05) is 11.9 Å². The van der Waals surface area contributed by atoms with E-state index in [0.29, 0.717) is 0 Å². The van der Waals surface area contributed by atoms with Crippen LogP contribution in [0.25, 0.3) is 5.69 Å². The van der Waals surface area contributed by atoms with E-state index in [0.717, 1.165) is 29.4 Å². The lowest BCUT2D eigenvalue weighted by Crippen LogP contribution is -2.06. The monoisotopic (exact) mass is 233 g/mol. The fraction of sp³-hybridized carbons (Fsp3) is 0.308. The number of imidazole rings is 1. The quantitative estimate of drug-likeness (QED) is 0.883. The van der Waals surface area contributed by atoms with Crippen LogP contribution in [0.2, 0.25) is 0 Å². The normalized spacial score (nSPS) is 10.6.